The number of primary amides is 1. The smallest absolute Gasteiger partial charge is 0.313 e. The van der Waals surface area contributed by atoms with Crippen LogP contribution < -0.4 is 16.0 Å². The van der Waals surface area contributed by atoms with Gasteiger partial charge in [-0.05, 0) is 31.0 Å². The predicted molar refractivity (Wildman–Crippen MR) is 84.6 cm³/mol. The lowest BCUT2D eigenvalue weighted by Crippen LogP contribution is -2.57. The monoisotopic (exact) mass is 331 g/mol. The lowest BCUT2D eigenvalue weighted by atomic mass is 10.1. The van der Waals surface area contributed by atoms with Gasteiger partial charge >= 0.3 is 6.03 Å². The summed E-state index contributed by atoms with van der Waals surface area (Å²) in [5, 5.41) is 11.3. The number of hydrogen-bond donors (Lipinski definition) is 2. The maximum Gasteiger partial charge on any atom is 0.313 e. The van der Waals surface area contributed by atoms with Crippen molar-refractivity contribution in [1.29, 1.82) is 5.26 Å². The largest absolute Gasteiger partial charge is 0.366 e. The third-order valence-electron chi connectivity index (χ3n) is 4.51. The number of piperazine rings is 1. The molecule has 1 aliphatic carbocycles. The van der Waals surface area contributed by atoms with Crippen molar-refractivity contribution >= 4 is 17.6 Å². The number of hydrogen-bond acceptors (Lipinski definition) is 4. The molecule has 8 heteroatoms. The highest BCUT2D eigenvalue weighted by molar-refractivity contribution is 5.93. The molecular formula is C16H18FN5O2. The summed E-state index contributed by atoms with van der Waals surface area (Å²) in [5.74, 6) is -0.566. The van der Waals surface area contributed by atoms with Gasteiger partial charge in [0.25, 0.3) is 0 Å². The molecule has 1 aromatic rings. The number of urea groups is 1. The van der Waals surface area contributed by atoms with E-state index in [0.717, 1.165) is 0 Å². The Bertz CT molecular complexity index is 718. The zero-order valence-corrected chi connectivity index (χ0v) is 13.1. The van der Waals surface area contributed by atoms with Crippen LogP contribution >= 0.6 is 0 Å². The highest BCUT2D eigenvalue weighted by Crippen LogP contribution is 2.37. The van der Waals surface area contributed by atoms with E-state index >= 15 is 0 Å². The molecule has 0 radical (unpaired) electrons. The first-order valence-electron chi connectivity index (χ1n) is 7.77. The number of rotatable bonds is 3. The number of carbonyl (C=O) groups excluding carboxylic acids is 2. The number of nitriles is 1. The molecule has 3 amide bonds. The number of amides is 3. The second kappa shape index (κ2) is 6.00. The summed E-state index contributed by atoms with van der Waals surface area (Å²) in [6, 6.07) is 5.58. The Kier molecular flexibility index (Phi) is 4.01. The van der Waals surface area contributed by atoms with E-state index < -0.39 is 17.4 Å². The van der Waals surface area contributed by atoms with Gasteiger partial charge < -0.3 is 20.9 Å². The molecule has 1 saturated carbocycles. The number of carbonyl (C=O) groups is 2. The summed E-state index contributed by atoms with van der Waals surface area (Å²) < 4.78 is 14.1. The van der Waals surface area contributed by atoms with Crippen molar-refractivity contribution in [3.8, 4) is 6.07 Å². The Morgan fingerprint density at radius 3 is 2.42 bits per heavy atom. The van der Waals surface area contributed by atoms with Crippen molar-refractivity contribution < 1.29 is 14.0 Å². The molecule has 0 atom stereocenters. The normalized spacial score (nSPS) is 18.7. The van der Waals surface area contributed by atoms with Gasteiger partial charge in [-0.2, -0.15) is 5.26 Å². The molecule has 24 heavy (non-hydrogen) atoms. The Hall–Kier alpha value is -2.82. The van der Waals surface area contributed by atoms with Crippen molar-refractivity contribution in [2.75, 3.05) is 31.1 Å². The molecule has 0 unspecified atom stereocenters. The van der Waals surface area contributed by atoms with E-state index in [1.165, 1.54) is 6.07 Å². The Morgan fingerprint density at radius 2 is 1.92 bits per heavy atom. The molecule has 1 saturated heterocycles. The highest BCUT2D eigenvalue weighted by atomic mass is 19.1. The van der Waals surface area contributed by atoms with E-state index in [0.29, 0.717) is 44.7 Å². The fourth-order valence-corrected chi connectivity index (χ4v) is 3.04. The van der Waals surface area contributed by atoms with Crippen LogP contribution in [0.2, 0.25) is 0 Å². The minimum absolute atomic E-state index is 0.124. The van der Waals surface area contributed by atoms with Gasteiger partial charge in [-0.3, -0.25) is 4.79 Å². The molecule has 2 aliphatic rings. The van der Waals surface area contributed by atoms with Crippen LogP contribution in [0.25, 0.3) is 0 Å². The Balaban J connectivity index is 1.63. The lowest BCUT2D eigenvalue weighted by molar-refractivity contribution is -0.134. The highest BCUT2D eigenvalue weighted by Gasteiger charge is 2.53. The number of anilines is 1. The molecule has 2 fully saturated rings. The average Bonchev–Trinajstić information content (AvgIpc) is 3.34. The van der Waals surface area contributed by atoms with Crippen molar-refractivity contribution in [2.24, 2.45) is 5.73 Å². The predicted octanol–water partition coefficient (Wildman–Crippen LogP) is 0.547. The molecular weight excluding hydrogens is 313 g/mol. The molecule has 1 heterocycles. The van der Waals surface area contributed by atoms with Gasteiger partial charge in [-0.15, -0.1) is 0 Å². The summed E-state index contributed by atoms with van der Waals surface area (Å²) >= 11 is 0. The number of nitrogens with two attached hydrogens (primary N) is 1. The Labute approximate surface area is 138 Å². The molecule has 3 rings (SSSR count). The van der Waals surface area contributed by atoms with Crippen LogP contribution in [0.4, 0.5) is 14.9 Å². The molecule has 126 valence electrons. The van der Waals surface area contributed by atoms with E-state index in [1.54, 1.807) is 17.0 Å². The third kappa shape index (κ3) is 2.97. The number of benzene rings is 1. The maximum atomic E-state index is 14.1. The molecule has 0 bridgehead atoms. The Morgan fingerprint density at radius 1 is 1.25 bits per heavy atom. The zero-order valence-electron chi connectivity index (χ0n) is 13.1. The van der Waals surface area contributed by atoms with Gasteiger partial charge in [0.05, 0.1) is 17.3 Å². The quantitative estimate of drug-likeness (QED) is 0.844. The summed E-state index contributed by atoms with van der Waals surface area (Å²) in [5.41, 5.74) is 5.00. The molecule has 1 aromatic carbocycles. The van der Waals surface area contributed by atoms with Crippen LogP contribution in [0.15, 0.2) is 18.2 Å². The SMILES string of the molecule is N#Cc1ccc(N2CCN(C(=O)C3(NC(N)=O)CC3)CC2)c(F)c1. The average molecular weight is 331 g/mol. The second-order valence-electron chi connectivity index (χ2n) is 6.13. The van der Waals surface area contributed by atoms with Crippen LogP contribution in [0.3, 0.4) is 0 Å². The number of halogens is 1. The van der Waals surface area contributed by atoms with Crippen LogP contribution in [0, 0.1) is 17.1 Å². The zero-order chi connectivity index (χ0) is 17.3. The summed E-state index contributed by atoms with van der Waals surface area (Å²) in [6.45, 7) is 1.86. The van der Waals surface area contributed by atoms with E-state index in [9.17, 15) is 14.0 Å². The van der Waals surface area contributed by atoms with E-state index in [2.05, 4.69) is 5.32 Å². The van der Waals surface area contributed by atoms with Crippen LogP contribution in [-0.4, -0.2) is 48.6 Å². The van der Waals surface area contributed by atoms with Crippen molar-refractivity contribution in [3.63, 3.8) is 0 Å². The van der Waals surface area contributed by atoms with Crippen molar-refractivity contribution in [2.45, 2.75) is 18.4 Å². The molecule has 3 N–H and O–H groups in total. The van der Waals surface area contributed by atoms with Gasteiger partial charge in [0.15, 0.2) is 0 Å². The molecule has 0 aromatic heterocycles. The molecule has 7 nitrogen and oxygen atoms in total. The fourth-order valence-electron chi connectivity index (χ4n) is 3.04. The van der Waals surface area contributed by atoms with Crippen LogP contribution in [0.5, 0.6) is 0 Å². The second-order valence-corrected chi connectivity index (χ2v) is 6.13. The minimum Gasteiger partial charge on any atom is -0.366 e. The first-order chi connectivity index (χ1) is 11.4. The van der Waals surface area contributed by atoms with Gasteiger partial charge in [0.1, 0.15) is 11.4 Å². The van der Waals surface area contributed by atoms with Crippen LogP contribution in [-0.2, 0) is 4.79 Å². The lowest BCUT2D eigenvalue weighted by Gasteiger charge is -2.37. The van der Waals surface area contributed by atoms with Gasteiger partial charge in [0, 0.05) is 26.2 Å². The first kappa shape index (κ1) is 16.1. The van der Waals surface area contributed by atoms with Crippen molar-refractivity contribution in [1.82, 2.24) is 10.2 Å². The molecule has 0 spiro atoms. The summed E-state index contributed by atoms with van der Waals surface area (Å²) in [4.78, 5) is 27.1. The number of nitrogens with one attached hydrogen (secondary N) is 1. The van der Waals surface area contributed by atoms with E-state index in [4.69, 9.17) is 11.0 Å². The minimum atomic E-state index is -0.840. The standard InChI is InChI=1S/C16H18FN5O2/c17-12-9-11(10-18)1-2-13(12)21-5-7-22(8-6-21)14(23)16(3-4-16)20-15(19)24/h1-2,9H,3-8H2,(H3,19,20,24). The van der Waals surface area contributed by atoms with Crippen LogP contribution in [0.1, 0.15) is 18.4 Å². The number of nitrogens with zero attached hydrogens (tertiary/aromatic N) is 3. The summed E-state index contributed by atoms with van der Waals surface area (Å²) in [6.07, 6.45) is 1.19. The third-order valence-corrected chi connectivity index (χ3v) is 4.51. The first-order valence-corrected chi connectivity index (χ1v) is 7.77. The van der Waals surface area contributed by atoms with E-state index in [-0.39, 0.29) is 11.5 Å². The van der Waals surface area contributed by atoms with Crippen molar-refractivity contribution in [3.05, 3.63) is 29.6 Å². The topological polar surface area (TPSA) is 102 Å². The van der Waals surface area contributed by atoms with Gasteiger partial charge in [0.2, 0.25) is 5.91 Å². The fraction of sp³-hybridized carbons (Fsp3) is 0.438. The molecule has 1 aliphatic heterocycles. The van der Waals surface area contributed by atoms with Gasteiger partial charge in [-0.25, -0.2) is 9.18 Å². The maximum absolute atomic E-state index is 14.1. The van der Waals surface area contributed by atoms with Gasteiger partial charge in [-0.1, -0.05) is 0 Å². The summed E-state index contributed by atoms with van der Waals surface area (Å²) in [7, 11) is 0. The van der Waals surface area contributed by atoms with E-state index in [1.807, 2.05) is 11.0 Å².